The van der Waals surface area contributed by atoms with E-state index in [4.69, 9.17) is 0 Å². The number of aryl methyl sites for hydroxylation is 1. The Hall–Kier alpha value is -1.68. The van der Waals surface area contributed by atoms with Crippen molar-refractivity contribution in [1.82, 2.24) is 4.90 Å². The number of hydrogen-bond acceptors (Lipinski definition) is 2. The Morgan fingerprint density at radius 2 is 2.16 bits per heavy atom. The quantitative estimate of drug-likeness (QED) is 0.819. The van der Waals surface area contributed by atoms with Gasteiger partial charge in [0.25, 0.3) is 0 Å². The highest BCUT2D eigenvalue weighted by Gasteiger charge is 2.10. The second-order valence-electron chi connectivity index (χ2n) is 4.46. The van der Waals surface area contributed by atoms with Crippen LogP contribution in [0.15, 0.2) is 41.8 Å². The number of halogens is 1. The van der Waals surface area contributed by atoms with E-state index >= 15 is 0 Å². The fourth-order valence-electron chi connectivity index (χ4n) is 1.86. The van der Waals surface area contributed by atoms with Crippen LogP contribution >= 0.6 is 11.3 Å². The summed E-state index contributed by atoms with van der Waals surface area (Å²) in [4.78, 5) is 14.8. The molecule has 0 unspecified atom stereocenters. The SMILES string of the molecule is CN(Cc1cccs1)C(=O)CCc1cccc(F)c1. The van der Waals surface area contributed by atoms with Gasteiger partial charge in [-0.3, -0.25) is 4.79 Å². The molecule has 19 heavy (non-hydrogen) atoms. The number of thiophene rings is 1. The largest absolute Gasteiger partial charge is 0.341 e. The van der Waals surface area contributed by atoms with Gasteiger partial charge in [-0.05, 0) is 35.6 Å². The van der Waals surface area contributed by atoms with E-state index in [1.807, 2.05) is 23.6 Å². The molecule has 4 heteroatoms. The first-order valence-corrected chi connectivity index (χ1v) is 7.04. The lowest BCUT2D eigenvalue weighted by Gasteiger charge is -2.16. The molecule has 1 amide bonds. The molecule has 0 saturated carbocycles. The fourth-order valence-corrected chi connectivity index (χ4v) is 2.62. The number of amides is 1. The lowest BCUT2D eigenvalue weighted by molar-refractivity contribution is -0.130. The lowest BCUT2D eigenvalue weighted by Crippen LogP contribution is -2.25. The molecule has 0 spiro atoms. The molecule has 1 aromatic carbocycles. The third-order valence-electron chi connectivity index (χ3n) is 2.92. The standard InChI is InChI=1S/C15H16FNOS/c1-17(11-14-6-3-9-19-14)15(18)8-7-12-4-2-5-13(16)10-12/h2-6,9-10H,7-8,11H2,1H3. The van der Waals surface area contributed by atoms with Crippen molar-refractivity contribution < 1.29 is 9.18 Å². The monoisotopic (exact) mass is 277 g/mol. The molecule has 0 radical (unpaired) electrons. The predicted octanol–water partition coefficient (Wildman–Crippen LogP) is 3.48. The maximum Gasteiger partial charge on any atom is 0.222 e. The molecule has 0 bridgehead atoms. The number of rotatable bonds is 5. The molecule has 0 saturated heterocycles. The Morgan fingerprint density at radius 3 is 2.84 bits per heavy atom. The Kier molecular flexibility index (Phi) is 4.68. The van der Waals surface area contributed by atoms with Crippen molar-refractivity contribution in [2.75, 3.05) is 7.05 Å². The average Bonchev–Trinajstić information content (AvgIpc) is 2.89. The van der Waals surface area contributed by atoms with Crippen LogP contribution in [0.3, 0.4) is 0 Å². The summed E-state index contributed by atoms with van der Waals surface area (Å²) in [6.07, 6.45) is 0.983. The summed E-state index contributed by atoms with van der Waals surface area (Å²) in [7, 11) is 1.80. The van der Waals surface area contributed by atoms with Crippen LogP contribution in [0.4, 0.5) is 4.39 Å². The third-order valence-corrected chi connectivity index (χ3v) is 3.78. The fraction of sp³-hybridized carbons (Fsp3) is 0.267. The van der Waals surface area contributed by atoms with Crippen LogP contribution in [0.2, 0.25) is 0 Å². The molecule has 0 aliphatic heterocycles. The predicted molar refractivity (Wildman–Crippen MR) is 75.5 cm³/mol. The van der Waals surface area contributed by atoms with Gasteiger partial charge in [-0.15, -0.1) is 11.3 Å². The summed E-state index contributed by atoms with van der Waals surface area (Å²) in [5.74, 6) is -0.172. The summed E-state index contributed by atoms with van der Waals surface area (Å²) < 4.78 is 13.0. The van der Waals surface area contributed by atoms with Crippen LogP contribution in [-0.2, 0) is 17.8 Å². The zero-order chi connectivity index (χ0) is 13.7. The molecule has 0 aliphatic carbocycles. The minimum atomic E-state index is -0.253. The van der Waals surface area contributed by atoms with Gasteiger partial charge in [0.05, 0.1) is 6.54 Å². The zero-order valence-electron chi connectivity index (χ0n) is 10.8. The zero-order valence-corrected chi connectivity index (χ0v) is 11.6. The molecule has 0 fully saturated rings. The maximum atomic E-state index is 13.0. The van der Waals surface area contributed by atoms with Crippen molar-refractivity contribution >= 4 is 17.2 Å². The Morgan fingerprint density at radius 1 is 1.32 bits per heavy atom. The van der Waals surface area contributed by atoms with Gasteiger partial charge in [-0.2, -0.15) is 0 Å². The highest BCUT2D eigenvalue weighted by Crippen LogP contribution is 2.12. The number of benzene rings is 1. The van der Waals surface area contributed by atoms with E-state index in [0.717, 1.165) is 5.56 Å². The molecule has 1 aromatic heterocycles. The van der Waals surface area contributed by atoms with Gasteiger partial charge >= 0.3 is 0 Å². The summed E-state index contributed by atoms with van der Waals surface area (Å²) in [6.45, 7) is 0.639. The molecule has 1 heterocycles. The van der Waals surface area contributed by atoms with Crippen LogP contribution in [-0.4, -0.2) is 17.9 Å². The highest BCUT2D eigenvalue weighted by molar-refractivity contribution is 7.09. The third kappa shape index (κ3) is 4.17. The first kappa shape index (κ1) is 13.7. The van der Waals surface area contributed by atoms with E-state index in [9.17, 15) is 9.18 Å². The minimum absolute atomic E-state index is 0.0812. The second kappa shape index (κ2) is 6.48. The smallest absolute Gasteiger partial charge is 0.222 e. The van der Waals surface area contributed by atoms with Gasteiger partial charge in [0.2, 0.25) is 5.91 Å². The molecule has 2 rings (SSSR count). The first-order valence-electron chi connectivity index (χ1n) is 6.16. The Bertz CT molecular complexity index is 539. The van der Waals surface area contributed by atoms with E-state index in [1.54, 1.807) is 29.4 Å². The molecular formula is C15H16FNOS. The molecule has 0 atom stereocenters. The number of carbonyl (C=O) groups excluding carboxylic acids is 1. The highest BCUT2D eigenvalue weighted by atomic mass is 32.1. The van der Waals surface area contributed by atoms with Crippen LogP contribution in [0.5, 0.6) is 0 Å². The van der Waals surface area contributed by atoms with Crippen molar-refractivity contribution in [3.8, 4) is 0 Å². The number of carbonyl (C=O) groups is 1. The number of hydrogen-bond donors (Lipinski definition) is 0. The van der Waals surface area contributed by atoms with Crippen molar-refractivity contribution in [3.63, 3.8) is 0 Å². The minimum Gasteiger partial charge on any atom is -0.341 e. The summed E-state index contributed by atoms with van der Waals surface area (Å²) in [5, 5.41) is 2.00. The van der Waals surface area contributed by atoms with E-state index in [0.29, 0.717) is 19.4 Å². The number of nitrogens with zero attached hydrogens (tertiary/aromatic N) is 1. The molecule has 100 valence electrons. The van der Waals surface area contributed by atoms with Crippen LogP contribution in [0.1, 0.15) is 16.9 Å². The van der Waals surface area contributed by atoms with Crippen molar-refractivity contribution in [1.29, 1.82) is 0 Å². The van der Waals surface area contributed by atoms with Crippen molar-refractivity contribution in [3.05, 3.63) is 58.0 Å². The van der Waals surface area contributed by atoms with Gasteiger partial charge in [-0.1, -0.05) is 18.2 Å². The van der Waals surface area contributed by atoms with Crippen LogP contribution in [0, 0.1) is 5.82 Å². The first-order chi connectivity index (χ1) is 9.15. The average molecular weight is 277 g/mol. The summed E-state index contributed by atoms with van der Waals surface area (Å²) in [5.41, 5.74) is 0.859. The molecule has 2 aromatic rings. The van der Waals surface area contributed by atoms with Gasteiger partial charge in [0, 0.05) is 18.3 Å². The topological polar surface area (TPSA) is 20.3 Å². The summed E-state index contributed by atoms with van der Waals surface area (Å²) in [6, 6.07) is 10.4. The molecule has 0 N–H and O–H groups in total. The van der Waals surface area contributed by atoms with Crippen LogP contribution < -0.4 is 0 Å². The molecule has 2 nitrogen and oxygen atoms in total. The van der Waals surface area contributed by atoms with Gasteiger partial charge in [0.1, 0.15) is 5.82 Å². The van der Waals surface area contributed by atoms with E-state index in [-0.39, 0.29) is 11.7 Å². The van der Waals surface area contributed by atoms with Crippen molar-refractivity contribution in [2.24, 2.45) is 0 Å². The molecule has 0 aliphatic rings. The lowest BCUT2D eigenvalue weighted by atomic mass is 10.1. The van der Waals surface area contributed by atoms with E-state index in [1.165, 1.54) is 17.0 Å². The van der Waals surface area contributed by atoms with E-state index < -0.39 is 0 Å². The summed E-state index contributed by atoms with van der Waals surface area (Å²) >= 11 is 1.64. The van der Waals surface area contributed by atoms with Gasteiger partial charge < -0.3 is 4.90 Å². The molecular weight excluding hydrogens is 261 g/mol. The second-order valence-corrected chi connectivity index (χ2v) is 5.49. The normalized spacial score (nSPS) is 10.4. The Balaban J connectivity index is 1.84. The maximum absolute atomic E-state index is 13.0. The van der Waals surface area contributed by atoms with E-state index in [2.05, 4.69) is 0 Å². The van der Waals surface area contributed by atoms with Crippen LogP contribution in [0.25, 0.3) is 0 Å². The van der Waals surface area contributed by atoms with Gasteiger partial charge in [0.15, 0.2) is 0 Å². The Labute approximate surface area is 116 Å². The van der Waals surface area contributed by atoms with Gasteiger partial charge in [-0.25, -0.2) is 4.39 Å². The van der Waals surface area contributed by atoms with Crippen molar-refractivity contribution in [2.45, 2.75) is 19.4 Å².